The SMILES string of the molecule is CCOc1cccc(C([Si]c2ccccc2)(c2cccc(OCC)c2)n2ccnc2)c1. The lowest BCUT2D eigenvalue weighted by molar-refractivity contribution is 0.338. The zero-order chi connectivity index (χ0) is 21.5. The van der Waals surface area contributed by atoms with Crippen LogP contribution in [0.25, 0.3) is 0 Å². The first-order valence-electron chi connectivity index (χ1n) is 10.5. The van der Waals surface area contributed by atoms with Gasteiger partial charge in [-0.1, -0.05) is 59.8 Å². The minimum Gasteiger partial charge on any atom is -0.494 e. The van der Waals surface area contributed by atoms with E-state index in [4.69, 9.17) is 9.47 Å². The van der Waals surface area contributed by atoms with Gasteiger partial charge in [-0.05, 0) is 49.2 Å². The zero-order valence-electron chi connectivity index (χ0n) is 17.9. The third-order valence-corrected chi connectivity index (χ3v) is 6.94. The summed E-state index contributed by atoms with van der Waals surface area (Å²) in [6.07, 6.45) is 5.77. The van der Waals surface area contributed by atoms with Gasteiger partial charge in [0.15, 0.2) is 0 Å². The number of nitrogens with zero attached hydrogens (tertiary/aromatic N) is 2. The van der Waals surface area contributed by atoms with E-state index < -0.39 is 5.16 Å². The molecule has 0 N–H and O–H groups in total. The molecule has 0 unspecified atom stereocenters. The maximum absolute atomic E-state index is 5.86. The Morgan fingerprint density at radius 1 is 0.806 bits per heavy atom. The average Bonchev–Trinajstić information content (AvgIpc) is 3.34. The van der Waals surface area contributed by atoms with E-state index in [1.54, 1.807) is 0 Å². The topological polar surface area (TPSA) is 36.3 Å². The van der Waals surface area contributed by atoms with E-state index in [1.807, 2.05) is 44.7 Å². The summed E-state index contributed by atoms with van der Waals surface area (Å²) in [4.78, 5) is 4.40. The Morgan fingerprint density at radius 2 is 1.42 bits per heavy atom. The summed E-state index contributed by atoms with van der Waals surface area (Å²) in [5.74, 6) is 1.73. The minimum absolute atomic E-state index is 0.424. The van der Waals surface area contributed by atoms with Crippen molar-refractivity contribution < 1.29 is 9.47 Å². The van der Waals surface area contributed by atoms with Crippen molar-refractivity contribution in [1.82, 2.24) is 9.55 Å². The molecule has 4 rings (SSSR count). The minimum atomic E-state index is -0.488. The summed E-state index contributed by atoms with van der Waals surface area (Å²) in [5.41, 5.74) is 2.29. The number of benzene rings is 3. The highest BCUT2D eigenvalue weighted by Crippen LogP contribution is 2.36. The fourth-order valence-electron chi connectivity index (χ4n) is 3.82. The van der Waals surface area contributed by atoms with Gasteiger partial charge < -0.3 is 14.0 Å². The van der Waals surface area contributed by atoms with Crippen LogP contribution in [0.2, 0.25) is 0 Å². The molecule has 31 heavy (non-hydrogen) atoms. The van der Waals surface area contributed by atoms with Gasteiger partial charge in [0.25, 0.3) is 0 Å². The van der Waals surface area contributed by atoms with Crippen LogP contribution in [0.15, 0.2) is 97.6 Å². The Balaban J connectivity index is 1.97. The average molecular weight is 427 g/mol. The molecule has 0 saturated heterocycles. The lowest BCUT2D eigenvalue weighted by Crippen LogP contribution is -2.46. The fraction of sp³-hybridized carbons (Fsp3) is 0.192. The van der Waals surface area contributed by atoms with Crippen molar-refractivity contribution in [3.05, 3.63) is 109 Å². The third kappa shape index (κ3) is 4.42. The van der Waals surface area contributed by atoms with Gasteiger partial charge in [0.1, 0.15) is 21.0 Å². The second-order valence-corrected chi connectivity index (χ2v) is 8.64. The quantitative estimate of drug-likeness (QED) is 0.371. The van der Waals surface area contributed by atoms with E-state index in [0.717, 1.165) is 22.6 Å². The molecule has 3 aromatic carbocycles. The first-order valence-corrected chi connectivity index (χ1v) is 11.5. The van der Waals surface area contributed by atoms with Crippen molar-refractivity contribution in [2.75, 3.05) is 13.2 Å². The first kappa shape index (κ1) is 20.9. The van der Waals surface area contributed by atoms with Crippen LogP contribution in [0.3, 0.4) is 0 Å². The van der Waals surface area contributed by atoms with Crippen LogP contribution in [-0.4, -0.2) is 32.3 Å². The molecule has 0 amide bonds. The number of imidazole rings is 1. The van der Waals surface area contributed by atoms with Crippen molar-refractivity contribution in [2.24, 2.45) is 0 Å². The van der Waals surface area contributed by atoms with Gasteiger partial charge in [-0.3, -0.25) is 0 Å². The molecule has 1 heterocycles. The number of hydrogen-bond acceptors (Lipinski definition) is 3. The lowest BCUT2D eigenvalue weighted by Gasteiger charge is -2.37. The summed E-state index contributed by atoms with van der Waals surface area (Å²) in [6.45, 7) is 5.27. The summed E-state index contributed by atoms with van der Waals surface area (Å²) >= 11 is 0. The largest absolute Gasteiger partial charge is 0.494 e. The third-order valence-electron chi connectivity index (χ3n) is 5.12. The van der Waals surface area contributed by atoms with Gasteiger partial charge in [-0.2, -0.15) is 0 Å². The first-order chi connectivity index (χ1) is 15.3. The Kier molecular flexibility index (Phi) is 6.53. The van der Waals surface area contributed by atoms with Crippen molar-refractivity contribution >= 4 is 14.7 Å². The molecule has 156 valence electrons. The summed E-state index contributed by atoms with van der Waals surface area (Å²) < 4.78 is 13.9. The highest BCUT2D eigenvalue weighted by Gasteiger charge is 2.38. The normalized spacial score (nSPS) is 11.3. The monoisotopic (exact) mass is 426 g/mol. The highest BCUT2D eigenvalue weighted by molar-refractivity contribution is 6.57. The van der Waals surface area contributed by atoms with Gasteiger partial charge in [0.2, 0.25) is 0 Å². The molecule has 2 radical (unpaired) electrons. The molecule has 4 nitrogen and oxygen atoms in total. The van der Waals surface area contributed by atoms with Crippen LogP contribution in [0.4, 0.5) is 0 Å². The zero-order valence-corrected chi connectivity index (χ0v) is 18.9. The highest BCUT2D eigenvalue weighted by atomic mass is 28.2. The summed E-state index contributed by atoms with van der Waals surface area (Å²) in [7, 11) is 0.424. The number of hydrogen-bond donors (Lipinski definition) is 0. The Morgan fingerprint density at radius 3 is 1.94 bits per heavy atom. The van der Waals surface area contributed by atoms with Gasteiger partial charge in [0.05, 0.1) is 24.7 Å². The van der Waals surface area contributed by atoms with E-state index in [2.05, 4.69) is 76.3 Å². The Bertz CT molecular complexity index is 1050. The standard InChI is InChI=1S/C26H26N2O2Si/c1-3-29-23-12-8-10-21(18-23)26(28-17-16-27-20-28,31-25-14-6-5-7-15-25)22-11-9-13-24(19-22)30-4-2/h5-20H,3-4H2,1-2H3. The smallest absolute Gasteiger partial charge is 0.127 e. The number of ether oxygens (including phenoxy) is 2. The second kappa shape index (κ2) is 9.66. The van der Waals surface area contributed by atoms with Crippen molar-refractivity contribution in [3.63, 3.8) is 0 Å². The molecule has 4 aromatic rings. The molecule has 0 atom stereocenters. The van der Waals surface area contributed by atoms with Crippen LogP contribution >= 0.6 is 0 Å². The van der Waals surface area contributed by atoms with Gasteiger partial charge in [0, 0.05) is 12.4 Å². The predicted molar refractivity (Wildman–Crippen MR) is 125 cm³/mol. The Labute approximate surface area is 186 Å². The molecule has 0 aliphatic carbocycles. The number of aromatic nitrogens is 2. The van der Waals surface area contributed by atoms with Gasteiger partial charge in [-0.15, -0.1) is 0 Å². The second-order valence-electron chi connectivity index (χ2n) is 7.09. The van der Waals surface area contributed by atoms with Gasteiger partial charge >= 0.3 is 0 Å². The van der Waals surface area contributed by atoms with Crippen LogP contribution in [0.1, 0.15) is 25.0 Å². The van der Waals surface area contributed by atoms with Crippen LogP contribution in [-0.2, 0) is 5.16 Å². The van der Waals surface area contributed by atoms with Crippen molar-refractivity contribution in [1.29, 1.82) is 0 Å². The lowest BCUT2D eigenvalue weighted by atomic mass is 9.96. The van der Waals surface area contributed by atoms with E-state index >= 15 is 0 Å². The van der Waals surface area contributed by atoms with Crippen LogP contribution in [0.5, 0.6) is 11.5 Å². The molecule has 0 bridgehead atoms. The van der Waals surface area contributed by atoms with Crippen molar-refractivity contribution in [3.8, 4) is 11.5 Å². The molecule has 1 aromatic heterocycles. The molecule has 0 spiro atoms. The Hall–Kier alpha value is -3.31. The maximum atomic E-state index is 5.86. The summed E-state index contributed by atoms with van der Waals surface area (Å²) in [6, 6.07) is 27.4. The van der Waals surface area contributed by atoms with Crippen LogP contribution in [0, 0.1) is 0 Å². The molecule has 0 saturated carbocycles. The van der Waals surface area contributed by atoms with Crippen LogP contribution < -0.4 is 14.7 Å². The maximum Gasteiger partial charge on any atom is 0.127 e. The predicted octanol–water partition coefficient (Wildman–Crippen LogP) is 4.46. The molecular weight excluding hydrogens is 400 g/mol. The summed E-state index contributed by atoms with van der Waals surface area (Å²) in [5, 5.41) is 0.776. The molecule has 0 aliphatic rings. The van der Waals surface area contributed by atoms with E-state index in [1.165, 1.54) is 5.19 Å². The van der Waals surface area contributed by atoms with Crippen molar-refractivity contribution in [2.45, 2.75) is 19.0 Å². The van der Waals surface area contributed by atoms with E-state index in [9.17, 15) is 0 Å². The molecular formula is C26H26N2O2Si. The van der Waals surface area contributed by atoms with E-state index in [-0.39, 0.29) is 0 Å². The molecule has 5 heteroatoms. The number of rotatable bonds is 9. The molecule has 0 fully saturated rings. The van der Waals surface area contributed by atoms with Gasteiger partial charge in [-0.25, -0.2) is 4.98 Å². The fourth-order valence-corrected chi connectivity index (χ4v) is 5.45. The van der Waals surface area contributed by atoms with E-state index in [0.29, 0.717) is 22.7 Å². The molecule has 0 aliphatic heterocycles.